The number of H-pyrrole nitrogens is 1. The monoisotopic (exact) mass is 510 g/mol. The van der Waals surface area contributed by atoms with E-state index in [9.17, 15) is 4.79 Å². The number of aryl methyl sites for hydroxylation is 2. The Bertz CT molecular complexity index is 1330. The number of carbonyl (C=O) groups excluding carboxylic acids is 1. The first-order valence-electron chi connectivity index (χ1n) is 13.3. The Balaban J connectivity index is 1.46. The van der Waals surface area contributed by atoms with Gasteiger partial charge >= 0.3 is 0 Å². The quantitative estimate of drug-likeness (QED) is 0.137. The van der Waals surface area contributed by atoms with Crippen molar-refractivity contribution >= 4 is 34.4 Å². The first-order valence-corrected chi connectivity index (χ1v) is 13.3. The van der Waals surface area contributed by atoms with E-state index >= 15 is 0 Å². The fourth-order valence-corrected chi connectivity index (χ4v) is 5.03. The normalized spacial score (nSPS) is 15.1. The van der Waals surface area contributed by atoms with E-state index in [0.717, 1.165) is 54.3 Å². The predicted octanol–water partition coefficient (Wildman–Crippen LogP) is 5.32. The minimum absolute atomic E-state index is 0.0770. The lowest BCUT2D eigenvalue weighted by Crippen LogP contribution is -2.46. The number of rotatable bonds is 11. The molecule has 1 amide bonds. The lowest BCUT2D eigenvalue weighted by molar-refractivity contribution is -0.122. The van der Waals surface area contributed by atoms with Gasteiger partial charge in [-0.05, 0) is 66.6 Å². The van der Waals surface area contributed by atoms with Gasteiger partial charge in [-0.25, -0.2) is 0 Å². The van der Waals surface area contributed by atoms with Crippen LogP contribution in [0.4, 0.5) is 0 Å². The predicted molar refractivity (Wildman–Crippen MR) is 157 cm³/mol. The molecule has 1 unspecified atom stereocenters. The van der Waals surface area contributed by atoms with E-state index in [-0.39, 0.29) is 24.3 Å². The summed E-state index contributed by atoms with van der Waals surface area (Å²) in [4.78, 5) is 17.6. The van der Waals surface area contributed by atoms with Crippen LogP contribution >= 0.6 is 0 Å². The van der Waals surface area contributed by atoms with E-state index in [1.807, 2.05) is 30.5 Å². The molecular weight excluding hydrogens is 472 g/mol. The molecule has 1 fully saturated rings. The topological polar surface area (TPSA) is 108 Å². The number of amides is 1. The summed E-state index contributed by atoms with van der Waals surface area (Å²) in [6.45, 7) is 7.17. The number of fused-ring (bicyclic) bond motifs is 1. The van der Waals surface area contributed by atoms with Crippen molar-refractivity contribution < 1.29 is 4.79 Å². The van der Waals surface area contributed by atoms with Crippen molar-refractivity contribution in [3.63, 3.8) is 0 Å². The summed E-state index contributed by atoms with van der Waals surface area (Å²) in [6.07, 6.45) is 11.7. The average Bonchev–Trinajstić information content (AvgIpc) is 3.59. The van der Waals surface area contributed by atoms with Crippen LogP contribution in [-0.4, -0.2) is 46.6 Å². The summed E-state index contributed by atoms with van der Waals surface area (Å²) in [5, 5.41) is 26.1. The molecule has 198 valence electrons. The lowest BCUT2D eigenvalue weighted by atomic mass is 10.0. The Morgan fingerprint density at radius 2 is 1.97 bits per heavy atom. The lowest BCUT2D eigenvalue weighted by Gasteiger charge is -2.27. The smallest absolute Gasteiger partial charge is 0.237 e. The molecule has 0 saturated carbocycles. The van der Waals surface area contributed by atoms with Crippen molar-refractivity contribution in [1.29, 1.82) is 10.8 Å². The molecule has 0 radical (unpaired) electrons. The minimum atomic E-state index is -0.192. The van der Waals surface area contributed by atoms with Gasteiger partial charge in [0.2, 0.25) is 5.91 Å². The zero-order valence-corrected chi connectivity index (χ0v) is 22.1. The van der Waals surface area contributed by atoms with Gasteiger partial charge in [-0.1, -0.05) is 67.3 Å². The Morgan fingerprint density at radius 1 is 1.16 bits per heavy atom. The molecule has 1 atom stereocenters. The van der Waals surface area contributed by atoms with Gasteiger partial charge in [-0.3, -0.25) is 15.6 Å². The van der Waals surface area contributed by atoms with Crippen LogP contribution in [0.25, 0.3) is 16.8 Å². The van der Waals surface area contributed by atoms with E-state index in [1.54, 1.807) is 11.0 Å². The molecule has 1 aliphatic rings. The number of allylic oxidation sites excluding steroid dienone is 2. The number of aromatic amines is 1. The summed E-state index contributed by atoms with van der Waals surface area (Å²) in [7, 11) is 0. The average molecular weight is 511 g/mol. The number of hydrogen-bond acceptors (Lipinski definition) is 4. The summed E-state index contributed by atoms with van der Waals surface area (Å²) in [5.74, 6) is 0.528. The number of nitrogens with one attached hydrogen (secondary N) is 5. The van der Waals surface area contributed by atoms with Gasteiger partial charge in [-0.2, -0.15) is 0 Å². The van der Waals surface area contributed by atoms with Gasteiger partial charge in [0.15, 0.2) is 0 Å². The molecule has 2 heterocycles. The van der Waals surface area contributed by atoms with E-state index in [1.165, 1.54) is 11.1 Å². The number of carbonyl (C=O) groups is 1. The summed E-state index contributed by atoms with van der Waals surface area (Å²) < 4.78 is 0. The molecule has 3 aromatic rings. The second-order valence-corrected chi connectivity index (χ2v) is 9.79. The third kappa shape index (κ3) is 6.66. The van der Waals surface area contributed by atoms with Crippen LogP contribution < -0.4 is 10.6 Å². The number of benzene rings is 2. The number of aromatic nitrogens is 1. The fraction of sp³-hybridized carbons (Fsp3) is 0.323. The third-order valence-electron chi connectivity index (χ3n) is 7.14. The van der Waals surface area contributed by atoms with Gasteiger partial charge < -0.3 is 20.5 Å². The first kappa shape index (κ1) is 27.1. The van der Waals surface area contributed by atoms with Gasteiger partial charge in [0.25, 0.3) is 0 Å². The van der Waals surface area contributed by atoms with E-state index in [4.69, 9.17) is 10.8 Å². The molecule has 1 aliphatic heterocycles. The van der Waals surface area contributed by atoms with Crippen molar-refractivity contribution in [1.82, 2.24) is 20.5 Å². The van der Waals surface area contributed by atoms with Crippen molar-refractivity contribution in [2.24, 2.45) is 0 Å². The van der Waals surface area contributed by atoms with Crippen LogP contribution in [0.2, 0.25) is 0 Å². The Labute approximate surface area is 225 Å². The molecule has 7 heteroatoms. The molecule has 5 N–H and O–H groups in total. The Hall–Kier alpha value is -3.97. The van der Waals surface area contributed by atoms with Crippen LogP contribution in [0.15, 0.2) is 67.4 Å². The van der Waals surface area contributed by atoms with Crippen LogP contribution in [-0.2, 0) is 17.8 Å². The highest BCUT2D eigenvalue weighted by molar-refractivity contribution is 6.00. The van der Waals surface area contributed by atoms with Gasteiger partial charge in [0, 0.05) is 18.3 Å². The highest BCUT2D eigenvalue weighted by Gasteiger charge is 2.23. The molecule has 2 aromatic carbocycles. The maximum atomic E-state index is 12.6. The summed E-state index contributed by atoms with van der Waals surface area (Å²) in [5.41, 5.74) is 4.54. The molecule has 0 aliphatic carbocycles. The van der Waals surface area contributed by atoms with Crippen LogP contribution in [0.3, 0.4) is 0 Å². The SMILES string of the molecule is C=C/C=C\c1c(CCCC(=N)N(Cc2cccc3ccccc23)C(=N)CNC(=O)C2CCCN2)c[nH]c1C. The van der Waals surface area contributed by atoms with Crippen molar-refractivity contribution in [2.45, 2.75) is 51.6 Å². The minimum Gasteiger partial charge on any atom is -0.364 e. The Kier molecular flexibility index (Phi) is 9.27. The maximum Gasteiger partial charge on any atom is 0.237 e. The molecule has 4 rings (SSSR count). The third-order valence-corrected chi connectivity index (χ3v) is 7.14. The second kappa shape index (κ2) is 13.0. The largest absolute Gasteiger partial charge is 0.364 e. The standard InChI is InChI=1S/C31H38N6O/c1-3-4-14-26-22(2)35-19-24(26)12-8-17-29(32)37(30(33)20-36-31(38)28-16-9-18-34-28)21-25-13-7-11-23-10-5-6-15-27(23)25/h3-7,10-11,13-15,19,28,32-35H,1,8-9,12,16-18,20-21H2,2H3,(H,36,38)/b14-4-,32-29?,33-30?. The number of nitrogens with zero attached hydrogens (tertiary/aromatic N) is 1. The fourth-order valence-electron chi connectivity index (χ4n) is 5.03. The van der Waals surface area contributed by atoms with E-state index in [0.29, 0.717) is 18.8 Å². The van der Waals surface area contributed by atoms with E-state index < -0.39 is 0 Å². The summed E-state index contributed by atoms with van der Waals surface area (Å²) in [6, 6.07) is 14.1. The molecule has 0 bridgehead atoms. The molecule has 38 heavy (non-hydrogen) atoms. The number of hydrogen-bond donors (Lipinski definition) is 5. The van der Waals surface area contributed by atoms with Crippen LogP contribution in [0.5, 0.6) is 0 Å². The highest BCUT2D eigenvalue weighted by Crippen LogP contribution is 2.22. The molecule has 1 aromatic heterocycles. The Morgan fingerprint density at radius 3 is 2.76 bits per heavy atom. The van der Waals surface area contributed by atoms with Crippen molar-refractivity contribution in [3.05, 3.63) is 89.8 Å². The molecular formula is C31H38N6O. The second-order valence-electron chi connectivity index (χ2n) is 9.79. The zero-order valence-electron chi connectivity index (χ0n) is 22.1. The van der Waals surface area contributed by atoms with Gasteiger partial charge in [0.1, 0.15) is 11.7 Å². The first-order chi connectivity index (χ1) is 18.5. The van der Waals surface area contributed by atoms with E-state index in [2.05, 4.69) is 59.5 Å². The van der Waals surface area contributed by atoms with Gasteiger partial charge in [0.05, 0.1) is 19.1 Å². The highest BCUT2D eigenvalue weighted by atomic mass is 16.2. The molecule has 0 spiro atoms. The van der Waals surface area contributed by atoms with Crippen LogP contribution in [0, 0.1) is 17.7 Å². The summed E-state index contributed by atoms with van der Waals surface area (Å²) >= 11 is 0. The zero-order chi connectivity index (χ0) is 26.9. The van der Waals surface area contributed by atoms with Gasteiger partial charge in [-0.15, -0.1) is 0 Å². The molecule has 1 saturated heterocycles. The van der Waals surface area contributed by atoms with Crippen molar-refractivity contribution in [2.75, 3.05) is 13.1 Å². The van der Waals surface area contributed by atoms with Crippen molar-refractivity contribution in [3.8, 4) is 0 Å². The van der Waals surface area contributed by atoms with Crippen LogP contribution in [0.1, 0.15) is 48.1 Å². The number of amidine groups is 2. The molecule has 7 nitrogen and oxygen atoms in total. The maximum absolute atomic E-state index is 12.6.